The Labute approximate surface area is 311 Å². The molecule has 0 aliphatic carbocycles. The van der Waals surface area contributed by atoms with E-state index in [1.807, 2.05) is 76.2 Å². The molecule has 290 valence electrons. The van der Waals surface area contributed by atoms with E-state index in [0.29, 0.717) is 19.8 Å². The van der Waals surface area contributed by atoms with Crippen LogP contribution in [0.5, 0.6) is 0 Å². The predicted octanol–water partition coefficient (Wildman–Crippen LogP) is 6.51. The van der Waals surface area contributed by atoms with E-state index in [-0.39, 0.29) is 30.4 Å². The van der Waals surface area contributed by atoms with Gasteiger partial charge in [0.2, 0.25) is 6.29 Å². The molecule has 2 aromatic carbocycles. The number of fused-ring (bicyclic) bond motifs is 1. The molecule has 14 nitrogen and oxygen atoms in total. The molecule has 14 heteroatoms. The van der Waals surface area contributed by atoms with Crippen LogP contribution < -0.4 is 0 Å². The average Bonchev–Trinajstić information content (AvgIpc) is 3.46. The van der Waals surface area contributed by atoms with Crippen molar-refractivity contribution in [2.45, 2.75) is 135 Å². The van der Waals surface area contributed by atoms with Crippen molar-refractivity contribution < 1.29 is 47.4 Å². The van der Waals surface area contributed by atoms with Gasteiger partial charge in [-0.05, 0) is 49.3 Å². The van der Waals surface area contributed by atoms with Gasteiger partial charge in [0.15, 0.2) is 24.3 Å². The third-order valence-electron chi connectivity index (χ3n) is 10.6. The smallest absolute Gasteiger partial charge is 0.228 e. The SMILES string of the molecule is CC(=N)O[C@H]1O[C@@H](COCc2ccccc2)C(N=[N+]=[N-])C(C)C1O[C@@H]1O[C@H](C)C(O[C@@H]2OCC(OCc3ccccc3)C(C)C2C)C2OC(C)(C)OC21. The molecule has 0 radical (unpaired) electrons. The summed E-state index contributed by atoms with van der Waals surface area (Å²) >= 11 is 0. The Hall–Kier alpha value is -3.14. The topological polar surface area (TPSA) is 165 Å². The normalized spacial score (nSPS) is 38.0. The molecule has 9 unspecified atom stereocenters. The van der Waals surface area contributed by atoms with Crippen molar-refractivity contribution in [1.82, 2.24) is 0 Å². The minimum Gasteiger partial charge on any atom is -0.450 e. The molecule has 0 bridgehead atoms. The minimum absolute atomic E-state index is 0.0178. The minimum atomic E-state index is -1.02. The summed E-state index contributed by atoms with van der Waals surface area (Å²) in [5.74, 6) is -1.26. The molecule has 4 fully saturated rings. The van der Waals surface area contributed by atoms with Gasteiger partial charge in [-0.25, -0.2) is 0 Å². The lowest BCUT2D eigenvalue weighted by atomic mass is 9.87. The fourth-order valence-electron chi connectivity index (χ4n) is 7.56. The van der Waals surface area contributed by atoms with E-state index in [1.54, 1.807) is 0 Å². The molecule has 4 saturated heterocycles. The third-order valence-corrected chi connectivity index (χ3v) is 10.6. The van der Waals surface area contributed by atoms with E-state index >= 15 is 0 Å². The summed E-state index contributed by atoms with van der Waals surface area (Å²) in [6.07, 6.45) is -6.30. The second kappa shape index (κ2) is 17.5. The van der Waals surface area contributed by atoms with Crippen LogP contribution >= 0.6 is 0 Å². The van der Waals surface area contributed by atoms with Gasteiger partial charge in [0.25, 0.3) is 0 Å². The van der Waals surface area contributed by atoms with E-state index in [2.05, 4.69) is 36.0 Å². The van der Waals surface area contributed by atoms with Crippen molar-refractivity contribution >= 4 is 5.90 Å². The Morgan fingerprint density at radius 1 is 0.830 bits per heavy atom. The lowest BCUT2D eigenvalue weighted by Gasteiger charge is -2.48. The first-order valence-corrected chi connectivity index (χ1v) is 18.6. The molecule has 4 aliphatic heterocycles. The Bertz CT molecular complexity index is 1530. The number of azide groups is 1. The maximum atomic E-state index is 9.54. The Kier molecular flexibility index (Phi) is 13.1. The molecular formula is C39H54N4O10. The summed E-state index contributed by atoms with van der Waals surface area (Å²) in [6.45, 7) is 14.7. The van der Waals surface area contributed by atoms with Gasteiger partial charge in [-0.1, -0.05) is 86.5 Å². The zero-order valence-electron chi connectivity index (χ0n) is 31.6. The van der Waals surface area contributed by atoms with Gasteiger partial charge in [-0.2, -0.15) is 0 Å². The largest absolute Gasteiger partial charge is 0.450 e. The lowest BCUT2D eigenvalue weighted by Crippen LogP contribution is -2.62. The molecule has 14 atom stereocenters. The van der Waals surface area contributed by atoms with E-state index in [0.717, 1.165) is 11.1 Å². The first-order chi connectivity index (χ1) is 25.4. The Morgan fingerprint density at radius 3 is 2.13 bits per heavy atom. The summed E-state index contributed by atoms with van der Waals surface area (Å²) in [5, 5.41) is 12.2. The molecule has 1 N–H and O–H groups in total. The number of ether oxygens (including phenoxy) is 10. The van der Waals surface area contributed by atoms with Crippen LogP contribution in [0.4, 0.5) is 0 Å². The summed E-state index contributed by atoms with van der Waals surface area (Å²) in [4.78, 5) is 3.12. The summed E-state index contributed by atoms with van der Waals surface area (Å²) < 4.78 is 63.6. The number of nitrogens with zero attached hydrogens (tertiary/aromatic N) is 3. The number of benzene rings is 2. The highest BCUT2D eigenvalue weighted by molar-refractivity contribution is 5.69. The van der Waals surface area contributed by atoms with Crippen molar-refractivity contribution in [2.75, 3.05) is 13.2 Å². The van der Waals surface area contributed by atoms with Gasteiger partial charge >= 0.3 is 0 Å². The second-order valence-electron chi connectivity index (χ2n) is 15.0. The highest BCUT2D eigenvalue weighted by Gasteiger charge is 2.58. The summed E-state index contributed by atoms with van der Waals surface area (Å²) in [5.41, 5.74) is 11.7. The predicted molar refractivity (Wildman–Crippen MR) is 192 cm³/mol. The summed E-state index contributed by atoms with van der Waals surface area (Å²) in [7, 11) is 0. The molecule has 0 amide bonds. The maximum absolute atomic E-state index is 9.54. The van der Waals surface area contributed by atoms with Crippen LogP contribution in [0.1, 0.15) is 59.6 Å². The molecule has 4 aliphatic rings. The Morgan fingerprint density at radius 2 is 1.47 bits per heavy atom. The average molecular weight is 739 g/mol. The molecule has 0 aromatic heterocycles. The molecular weight excluding hydrogens is 684 g/mol. The monoisotopic (exact) mass is 738 g/mol. The quantitative estimate of drug-likeness (QED) is 0.0788. The van der Waals surface area contributed by atoms with Gasteiger partial charge in [0.1, 0.15) is 24.4 Å². The number of hydrogen-bond donors (Lipinski definition) is 1. The Balaban J connectivity index is 1.13. The van der Waals surface area contributed by atoms with Crippen LogP contribution in [0.15, 0.2) is 65.8 Å². The van der Waals surface area contributed by atoms with Crippen molar-refractivity contribution in [3.8, 4) is 0 Å². The second-order valence-corrected chi connectivity index (χ2v) is 15.0. The number of rotatable bonds is 13. The fourth-order valence-corrected chi connectivity index (χ4v) is 7.56. The first-order valence-electron chi connectivity index (χ1n) is 18.6. The zero-order valence-corrected chi connectivity index (χ0v) is 31.6. The van der Waals surface area contributed by atoms with Gasteiger partial charge in [-0.3, -0.25) is 5.41 Å². The van der Waals surface area contributed by atoms with Crippen LogP contribution in [-0.2, 0) is 60.6 Å². The van der Waals surface area contributed by atoms with E-state index in [1.165, 1.54) is 6.92 Å². The molecule has 6 rings (SSSR count). The first kappa shape index (κ1) is 39.6. The highest BCUT2D eigenvalue weighted by Crippen LogP contribution is 2.43. The van der Waals surface area contributed by atoms with Crippen molar-refractivity contribution in [3.63, 3.8) is 0 Å². The van der Waals surface area contributed by atoms with Crippen LogP contribution in [0, 0.1) is 23.2 Å². The zero-order chi connectivity index (χ0) is 37.7. The van der Waals surface area contributed by atoms with E-state index in [9.17, 15) is 5.53 Å². The molecule has 4 heterocycles. The van der Waals surface area contributed by atoms with Crippen molar-refractivity contribution in [1.29, 1.82) is 5.41 Å². The van der Waals surface area contributed by atoms with Crippen LogP contribution in [0.3, 0.4) is 0 Å². The standard InChI is InChI=1S/C39H54N4O10/c1-22-23(2)36(46-21-29(22)45-19-28-16-12-9-13-17-28)51-33-25(4)47-38(35-34(33)52-39(6,7)53-35)50-32-24(3)31(42-43-41)30(49-37(32)48-26(5)40)20-44-18-27-14-10-8-11-15-27/h8-17,22-25,29-38,40H,18-21H2,1-7H3/t22?,23?,24?,25-,29?,30+,31?,32?,33?,34?,35?,36+,37+,38+/m1/s1. The van der Waals surface area contributed by atoms with E-state index in [4.69, 9.17) is 52.8 Å². The van der Waals surface area contributed by atoms with E-state index < -0.39 is 73.2 Å². The lowest BCUT2D eigenvalue weighted by molar-refractivity contribution is -0.348. The molecule has 0 saturated carbocycles. The fraction of sp³-hybridized carbons (Fsp3) is 0.667. The van der Waals surface area contributed by atoms with Crippen molar-refractivity contribution in [2.24, 2.45) is 22.9 Å². The van der Waals surface area contributed by atoms with Crippen LogP contribution in [0.2, 0.25) is 0 Å². The van der Waals surface area contributed by atoms with Crippen LogP contribution in [-0.4, -0.2) is 92.5 Å². The number of nitrogens with one attached hydrogen (secondary N) is 1. The van der Waals surface area contributed by atoms with Gasteiger partial charge in [0, 0.05) is 17.8 Å². The molecule has 0 spiro atoms. The summed E-state index contributed by atoms with van der Waals surface area (Å²) in [6, 6.07) is 19.2. The van der Waals surface area contributed by atoms with Gasteiger partial charge in [0.05, 0.1) is 50.8 Å². The maximum Gasteiger partial charge on any atom is 0.228 e. The molecule has 2 aromatic rings. The van der Waals surface area contributed by atoms with Gasteiger partial charge in [-0.15, -0.1) is 0 Å². The van der Waals surface area contributed by atoms with Crippen molar-refractivity contribution in [3.05, 3.63) is 82.2 Å². The van der Waals surface area contributed by atoms with Gasteiger partial charge < -0.3 is 47.4 Å². The number of hydrogen-bond acceptors (Lipinski definition) is 12. The third kappa shape index (κ3) is 9.57. The highest BCUT2D eigenvalue weighted by atomic mass is 16.8. The molecule has 53 heavy (non-hydrogen) atoms. The van der Waals surface area contributed by atoms with Crippen LogP contribution in [0.25, 0.3) is 10.4 Å².